The molecule has 0 aliphatic heterocycles. The summed E-state index contributed by atoms with van der Waals surface area (Å²) in [4.78, 5) is 15.5. The second-order valence-corrected chi connectivity index (χ2v) is 8.48. The second-order valence-electron chi connectivity index (χ2n) is 6.76. The highest BCUT2D eigenvalue weighted by Gasteiger charge is 2.26. The number of aromatic nitrogens is 1. The highest BCUT2D eigenvalue weighted by Crippen LogP contribution is 2.25. The van der Waals surface area contributed by atoms with Gasteiger partial charge in [0.2, 0.25) is 5.89 Å². The molecule has 0 bridgehead atoms. The SMILES string of the molecule is Cc1oc(-c2ccc(F)cc2)nc1CCOCCCCSC(C)(C)C(=O)O. The predicted molar refractivity (Wildman–Crippen MR) is 105 cm³/mol. The van der Waals surface area contributed by atoms with E-state index in [-0.39, 0.29) is 5.82 Å². The normalized spacial score (nSPS) is 11.7. The topological polar surface area (TPSA) is 72.6 Å². The Labute approximate surface area is 163 Å². The van der Waals surface area contributed by atoms with Crippen LogP contribution in [0.1, 0.15) is 38.1 Å². The lowest BCUT2D eigenvalue weighted by Gasteiger charge is -2.17. The highest BCUT2D eigenvalue weighted by molar-refractivity contribution is 8.01. The van der Waals surface area contributed by atoms with E-state index in [1.165, 1.54) is 23.9 Å². The average Bonchev–Trinajstić information content (AvgIpc) is 2.98. The standard InChI is InChI=1S/C20H26FNO4S/c1-14-17(22-18(26-14)15-6-8-16(21)9-7-15)10-12-25-11-4-5-13-27-20(2,3)19(23)24/h6-9H,4-5,10-13H2,1-3H3,(H,23,24). The minimum atomic E-state index is -0.785. The molecule has 0 saturated carbocycles. The fraction of sp³-hybridized carbons (Fsp3) is 0.500. The molecule has 0 fully saturated rings. The van der Waals surface area contributed by atoms with Crippen molar-refractivity contribution >= 4 is 17.7 Å². The molecule has 0 amide bonds. The molecule has 5 nitrogen and oxygen atoms in total. The Balaban J connectivity index is 1.66. The molecule has 0 saturated heterocycles. The zero-order chi connectivity index (χ0) is 19.9. The number of aliphatic carboxylic acids is 1. The molecule has 1 aromatic heterocycles. The fourth-order valence-corrected chi connectivity index (χ4v) is 3.32. The van der Waals surface area contributed by atoms with Crippen LogP contribution in [0.4, 0.5) is 4.39 Å². The van der Waals surface area contributed by atoms with E-state index in [4.69, 9.17) is 14.3 Å². The van der Waals surface area contributed by atoms with Gasteiger partial charge < -0.3 is 14.3 Å². The summed E-state index contributed by atoms with van der Waals surface area (Å²) in [6.45, 7) is 6.48. The molecule has 2 aromatic rings. The lowest BCUT2D eigenvalue weighted by Crippen LogP contribution is -2.27. The smallest absolute Gasteiger partial charge is 0.319 e. The van der Waals surface area contributed by atoms with Crippen molar-refractivity contribution in [1.29, 1.82) is 0 Å². The van der Waals surface area contributed by atoms with Gasteiger partial charge in [-0.3, -0.25) is 4.79 Å². The number of carboxylic acid groups (broad SMARTS) is 1. The van der Waals surface area contributed by atoms with Gasteiger partial charge in [0.1, 0.15) is 16.3 Å². The van der Waals surface area contributed by atoms with Gasteiger partial charge in [-0.05, 0) is 63.6 Å². The van der Waals surface area contributed by atoms with Crippen LogP contribution in [0.5, 0.6) is 0 Å². The van der Waals surface area contributed by atoms with Crippen LogP contribution in [0.2, 0.25) is 0 Å². The third-order valence-corrected chi connectivity index (χ3v) is 5.52. The van der Waals surface area contributed by atoms with Crippen molar-refractivity contribution in [3.63, 3.8) is 0 Å². The number of oxazole rings is 1. The summed E-state index contributed by atoms with van der Waals surface area (Å²) < 4.78 is 23.6. The Morgan fingerprint density at radius 1 is 1.26 bits per heavy atom. The lowest BCUT2D eigenvalue weighted by atomic mass is 10.2. The molecule has 0 spiro atoms. The van der Waals surface area contributed by atoms with Crippen molar-refractivity contribution in [1.82, 2.24) is 4.98 Å². The molecule has 0 radical (unpaired) electrons. The fourth-order valence-electron chi connectivity index (χ4n) is 2.34. The molecule has 0 atom stereocenters. The molecule has 0 aliphatic carbocycles. The monoisotopic (exact) mass is 395 g/mol. The summed E-state index contributed by atoms with van der Waals surface area (Å²) in [5.74, 6) is 0.949. The van der Waals surface area contributed by atoms with Gasteiger partial charge in [-0.15, -0.1) is 11.8 Å². The third kappa shape index (κ3) is 6.66. The van der Waals surface area contributed by atoms with E-state index >= 15 is 0 Å². The van der Waals surface area contributed by atoms with Crippen molar-refractivity contribution in [2.45, 2.75) is 44.8 Å². The van der Waals surface area contributed by atoms with Gasteiger partial charge in [-0.1, -0.05) is 0 Å². The summed E-state index contributed by atoms with van der Waals surface area (Å²) in [6, 6.07) is 6.05. The van der Waals surface area contributed by atoms with E-state index in [9.17, 15) is 9.18 Å². The van der Waals surface area contributed by atoms with Crippen LogP contribution in [-0.4, -0.2) is 39.8 Å². The molecule has 2 rings (SSSR count). The van der Waals surface area contributed by atoms with Gasteiger partial charge in [0.25, 0.3) is 0 Å². The molecule has 0 unspecified atom stereocenters. The Morgan fingerprint density at radius 3 is 2.63 bits per heavy atom. The Hall–Kier alpha value is -1.86. The van der Waals surface area contributed by atoms with E-state index in [1.807, 2.05) is 6.92 Å². The first-order valence-corrected chi connectivity index (χ1v) is 9.95. The minimum Gasteiger partial charge on any atom is -0.480 e. The minimum absolute atomic E-state index is 0.291. The summed E-state index contributed by atoms with van der Waals surface area (Å²) >= 11 is 1.45. The number of hydrogen-bond donors (Lipinski definition) is 1. The number of rotatable bonds is 11. The number of halogens is 1. The molecule has 0 aliphatic rings. The average molecular weight is 395 g/mol. The van der Waals surface area contributed by atoms with Crippen molar-refractivity contribution in [2.75, 3.05) is 19.0 Å². The van der Waals surface area contributed by atoms with Crippen molar-refractivity contribution in [3.8, 4) is 11.5 Å². The number of thioether (sulfide) groups is 1. The summed E-state index contributed by atoms with van der Waals surface area (Å²) in [5, 5.41) is 9.06. The van der Waals surface area contributed by atoms with Crippen LogP contribution in [0, 0.1) is 12.7 Å². The van der Waals surface area contributed by atoms with Gasteiger partial charge in [0.15, 0.2) is 0 Å². The summed E-state index contributed by atoms with van der Waals surface area (Å²) in [7, 11) is 0. The number of benzene rings is 1. The van der Waals surface area contributed by atoms with E-state index in [2.05, 4.69) is 4.98 Å². The Bertz CT molecular complexity index is 743. The van der Waals surface area contributed by atoms with E-state index in [1.54, 1.807) is 26.0 Å². The van der Waals surface area contributed by atoms with Crippen molar-refractivity contribution in [2.24, 2.45) is 0 Å². The van der Waals surface area contributed by atoms with Gasteiger partial charge >= 0.3 is 5.97 Å². The molecule has 1 N–H and O–H groups in total. The highest BCUT2D eigenvalue weighted by atomic mass is 32.2. The van der Waals surface area contributed by atoms with Crippen LogP contribution < -0.4 is 0 Å². The number of hydrogen-bond acceptors (Lipinski definition) is 5. The maximum Gasteiger partial charge on any atom is 0.319 e. The Kier molecular flexibility index (Phi) is 7.86. The van der Waals surface area contributed by atoms with Crippen LogP contribution in [-0.2, 0) is 16.0 Å². The number of nitrogens with zero attached hydrogens (tertiary/aromatic N) is 1. The van der Waals surface area contributed by atoms with E-state index < -0.39 is 10.7 Å². The molecule has 1 heterocycles. The first-order chi connectivity index (χ1) is 12.8. The molecule has 27 heavy (non-hydrogen) atoms. The number of carboxylic acids is 1. The van der Waals surface area contributed by atoms with Gasteiger partial charge in [-0.25, -0.2) is 9.37 Å². The van der Waals surface area contributed by atoms with Crippen LogP contribution in [0.3, 0.4) is 0 Å². The first kappa shape index (κ1) is 21.4. The number of ether oxygens (including phenoxy) is 1. The van der Waals surface area contributed by atoms with Crippen molar-refractivity contribution in [3.05, 3.63) is 41.5 Å². The maximum atomic E-state index is 13.0. The van der Waals surface area contributed by atoms with Gasteiger partial charge in [0, 0.05) is 18.6 Å². The zero-order valence-corrected chi connectivity index (χ0v) is 16.8. The molecule has 148 valence electrons. The van der Waals surface area contributed by atoms with Crippen LogP contribution in [0.25, 0.3) is 11.5 Å². The molecule has 1 aromatic carbocycles. The van der Waals surface area contributed by atoms with Crippen LogP contribution in [0.15, 0.2) is 28.7 Å². The summed E-state index contributed by atoms with van der Waals surface area (Å²) in [6.07, 6.45) is 2.46. The largest absolute Gasteiger partial charge is 0.480 e. The van der Waals surface area contributed by atoms with Crippen molar-refractivity contribution < 1.29 is 23.4 Å². The predicted octanol–water partition coefficient (Wildman–Crippen LogP) is 4.72. The number of carbonyl (C=O) groups is 1. The second kappa shape index (κ2) is 9.90. The molecule has 7 heteroatoms. The zero-order valence-electron chi connectivity index (χ0n) is 16.0. The Morgan fingerprint density at radius 2 is 1.96 bits per heavy atom. The lowest BCUT2D eigenvalue weighted by molar-refractivity contribution is -0.138. The van der Waals surface area contributed by atoms with Gasteiger partial charge in [0.05, 0.1) is 12.3 Å². The number of aryl methyl sites for hydroxylation is 1. The molecular weight excluding hydrogens is 369 g/mol. The van der Waals surface area contributed by atoms with Crippen LogP contribution >= 0.6 is 11.8 Å². The molecular formula is C20H26FNO4S. The van der Waals surface area contributed by atoms with Gasteiger partial charge in [-0.2, -0.15) is 0 Å². The van der Waals surface area contributed by atoms with E-state index in [0.29, 0.717) is 25.5 Å². The third-order valence-electron chi connectivity index (χ3n) is 4.13. The number of unbranched alkanes of at least 4 members (excludes halogenated alkanes) is 1. The summed E-state index contributed by atoms with van der Waals surface area (Å²) in [5.41, 5.74) is 1.58. The quantitative estimate of drug-likeness (QED) is 0.555. The van der Waals surface area contributed by atoms with E-state index in [0.717, 1.165) is 35.6 Å². The first-order valence-electron chi connectivity index (χ1n) is 8.97. The maximum absolute atomic E-state index is 13.0.